The van der Waals surface area contributed by atoms with E-state index in [0.29, 0.717) is 13.0 Å². The Labute approximate surface area is 241 Å². The Kier molecular flexibility index (Phi) is 43.3. The van der Waals surface area contributed by atoms with Gasteiger partial charge < -0.3 is 16.7 Å². The molecule has 0 aliphatic carbocycles. The van der Waals surface area contributed by atoms with E-state index in [1.165, 1.54) is 22.8 Å². The zero-order chi connectivity index (χ0) is 25.2. The summed E-state index contributed by atoms with van der Waals surface area (Å²) in [5, 5.41) is 16.0. The van der Waals surface area contributed by atoms with Gasteiger partial charge in [0.2, 0.25) is 0 Å². The Hall–Kier alpha value is -1.86. The molecular weight excluding hydrogens is 466 g/mol. The predicted molar refractivity (Wildman–Crippen MR) is 151 cm³/mol. The first-order chi connectivity index (χ1) is 16.0. The van der Waals surface area contributed by atoms with Crippen LogP contribution in [-0.2, 0) is 33.7 Å². The average molecular weight is 513 g/mol. The maximum absolute atomic E-state index is 11.1. The summed E-state index contributed by atoms with van der Waals surface area (Å²) in [7, 11) is 0. The van der Waals surface area contributed by atoms with E-state index in [0.717, 1.165) is 25.7 Å². The number of rotatable bonds is 10. The molecular formula is C28H46AlLiO6. The molecule has 2 aromatic rings. The number of aryl methyl sites for hydroxylation is 3. The minimum Gasteiger partial charge on any atom is -1.00 e. The van der Waals surface area contributed by atoms with E-state index in [9.17, 15) is 4.79 Å². The van der Waals surface area contributed by atoms with Gasteiger partial charge in [-0.2, -0.15) is 0 Å². The maximum atomic E-state index is 11.1. The molecule has 4 N–H and O–H groups in total. The molecule has 0 atom stereocenters. The van der Waals surface area contributed by atoms with Crippen LogP contribution in [0.25, 0.3) is 0 Å². The molecule has 198 valence electrons. The van der Waals surface area contributed by atoms with Crippen molar-refractivity contribution in [2.45, 2.75) is 46.0 Å². The number of ether oxygens (including phenoxy) is 1. The Morgan fingerprint density at radius 3 is 1.89 bits per heavy atom. The Bertz CT molecular complexity index is 755. The summed E-state index contributed by atoms with van der Waals surface area (Å²) in [5.74, 6) is -0.114. The van der Waals surface area contributed by atoms with Crippen LogP contribution in [0.5, 0.6) is 0 Å². The van der Waals surface area contributed by atoms with E-state index in [2.05, 4.69) is 73.7 Å². The number of carbonyl (C=O) groups is 1. The van der Waals surface area contributed by atoms with Gasteiger partial charge in [0.1, 0.15) is 0 Å². The van der Waals surface area contributed by atoms with E-state index in [1.54, 1.807) is 0 Å². The SMILES string of the molecule is C=C=C.C=CCOO.CCOC(=O)CCc1ccc(CC)cc1.O.OCCCc1ccccc1.[AlH3].[H-].[Li+]. The fraction of sp³-hybridized carbons (Fsp3) is 0.357. The smallest absolute Gasteiger partial charge is 1.00 e. The number of aliphatic hydroxyl groups excluding tert-OH is 1. The van der Waals surface area contributed by atoms with Gasteiger partial charge in [-0.25, -0.2) is 4.89 Å². The molecule has 2 rings (SSSR count). The third-order valence-electron chi connectivity index (χ3n) is 4.01. The normalized spacial score (nSPS) is 8.11. The summed E-state index contributed by atoms with van der Waals surface area (Å²) < 4.78 is 4.87. The third-order valence-corrected chi connectivity index (χ3v) is 4.01. The fourth-order valence-electron chi connectivity index (χ4n) is 2.40. The minimum atomic E-state index is -0.114. The molecule has 8 heteroatoms. The Morgan fingerprint density at radius 2 is 1.50 bits per heavy atom. The van der Waals surface area contributed by atoms with Crippen molar-refractivity contribution in [1.82, 2.24) is 0 Å². The molecule has 0 saturated carbocycles. The summed E-state index contributed by atoms with van der Waals surface area (Å²) >= 11 is 0. The van der Waals surface area contributed by atoms with Gasteiger partial charge in [0.25, 0.3) is 0 Å². The maximum Gasteiger partial charge on any atom is 1.00 e. The van der Waals surface area contributed by atoms with Gasteiger partial charge >= 0.3 is 24.8 Å². The van der Waals surface area contributed by atoms with E-state index in [-0.39, 0.29) is 62.3 Å². The molecule has 36 heavy (non-hydrogen) atoms. The van der Waals surface area contributed by atoms with Crippen molar-refractivity contribution < 1.29 is 50.5 Å². The topological polar surface area (TPSA) is 107 Å². The van der Waals surface area contributed by atoms with Gasteiger partial charge in [0.05, 0.1) is 13.2 Å². The van der Waals surface area contributed by atoms with Gasteiger partial charge in [0.15, 0.2) is 17.4 Å². The van der Waals surface area contributed by atoms with Crippen LogP contribution < -0.4 is 18.9 Å². The summed E-state index contributed by atoms with van der Waals surface area (Å²) in [6.45, 7) is 14.4. The third kappa shape index (κ3) is 30.2. The van der Waals surface area contributed by atoms with Crippen LogP contribution in [0.2, 0.25) is 0 Å². The van der Waals surface area contributed by atoms with Crippen LogP contribution in [0.3, 0.4) is 0 Å². The van der Waals surface area contributed by atoms with Gasteiger partial charge in [-0.15, -0.1) is 12.3 Å². The molecule has 0 fully saturated rings. The van der Waals surface area contributed by atoms with Crippen LogP contribution in [0, 0.1) is 0 Å². The first kappa shape index (κ1) is 44.2. The molecule has 0 aromatic heterocycles. The number of hydrogen-bond acceptors (Lipinski definition) is 5. The summed E-state index contributed by atoms with van der Waals surface area (Å²) in [5.41, 5.74) is 6.08. The molecule has 0 aliphatic heterocycles. The van der Waals surface area contributed by atoms with Crippen LogP contribution in [-0.4, -0.2) is 59.0 Å². The monoisotopic (exact) mass is 512 g/mol. The van der Waals surface area contributed by atoms with E-state index < -0.39 is 0 Å². The molecule has 0 saturated heterocycles. The molecule has 6 nitrogen and oxygen atoms in total. The number of aliphatic hydroxyl groups is 1. The second kappa shape index (κ2) is 35.3. The van der Waals surface area contributed by atoms with E-state index >= 15 is 0 Å². The first-order valence-electron chi connectivity index (χ1n) is 11.1. The first-order valence-corrected chi connectivity index (χ1v) is 11.1. The Morgan fingerprint density at radius 1 is 1.00 bits per heavy atom. The van der Waals surface area contributed by atoms with Crippen LogP contribution >= 0.6 is 0 Å². The molecule has 0 bridgehead atoms. The van der Waals surface area contributed by atoms with Crippen molar-refractivity contribution in [2.24, 2.45) is 0 Å². The average Bonchev–Trinajstić information content (AvgIpc) is 2.84. The number of benzene rings is 2. The molecule has 0 radical (unpaired) electrons. The molecule has 0 aliphatic rings. The van der Waals surface area contributed by atoms with E-state index in [4.69, 9.17) is 15.1 Å². The van der Waals surface area contributed by atoms with Crippen LogP contribution in [0.15, 0.2) is 86.1 Å². The van der Waals surface area contributed by atoms with Crippen molar-refractivity contribution in [3.05, 3.63) is 103 Å². The van der Waals surface area contributed by atoms with Gasteiger partial charge in [-0.3, -0.25) is 10.1 Å². The van der Waals surface area contributed by atoms with Gasteiger partial charge in [0, 0.05) is 13.0 Å². The predicted octanol–water partition coefficient (Wildman–Crippen LogP) is 1.08. The van der Waals surface area contributed by atoms with Crippen LogP contribution in [0.1, 0.15) is 44.8 Å². The number of hydrogen-bond donors (Lipinski definition) is 2. The van der Waals surface area contributed by atoms with Crippen molar-refractivity contribution in [1.29, 1.82) is 0 Å². The van der Waals surface area contributed by atoms with Gasteiger partial charge in [-0.05, 0) is 49.3 Å². The number of carbonyl (C=O) groups excluding carboxylic acids is 1. The fourth-order valence-corrected chi connectivity index (χ4v) is 2.40. The largest absolute Gasteiger partial charge is 1.00 e. The Balaban J connectivity index is -0.0000000958. The molecule has 2 aromatic carbocycles. The number of esters is 1. The van der Waals surface area contributed by atoms with Crippen molar-refractivity contribution in [2.75, 3.05) is 19.8 Å². The zero-order valence-corrected chi connectivity index (χ0v) is 21.7. The minimum absolute atomic E-state index is 0. The molecule has 0 spiro atoms. The standard InChI is InChI=1S/C13H18O2.C9H12O.C3H6O2.C3H4.Al.Li.H2O.4H/c1-3-11-5-7-12(8-6-11)9-10-13(14)15-4-2;10-8-4-7-9-5-2-1-3-6-9;1-2-3-5-4;1-3-2;;;;;;;/h5-8H,3-4,9-10H2,1-2H3;1-3,5-6,10H,4,7-8H2;2,4H,1,3H2;1-2H2;;;1H2;;;;/q;;;;;+1;;;;;-1. The summed E-state index contributed by atoms with van der Waals surface area (Å²) in [4.78, 5) is 14.7. The van der Waals surface area contributed by atoms with Gasteiger partial charge in [-0.1, -0.05) is 80.8 Å². The van der Waals surface area contributed by atoms with Crippen molar-refractivity contribution in [3.8, 4) is 0 Å². The van der Waals surface area contributed by atoms with Crippen molar-refractivity contribution >= 4 is 23.3 Å². The van der Waals surface area contributed by atoms with E-state index in [1.807, 2.05) is 25.1 Å². The second-order valence-electron chi connectivity index (χ2n) is 6.62. The molecule has 0 unspecified atom stereocenters. The van der Waals surface area contributed by atoms with Crippen molar-refractivity contribution in [3.63, 3.8) is 0 Å². The quantitative estimate of drug-likeness (QED) is 0.124. The molecule has 0 amide bonds. The zero-order valence-electron chi connectivity index (χ0n) is 22.7. The summed E-state index contributed by atoms with van der Waals surface area (Å²) in [6.07, 6.45) is 5.60. The van der Waals surface area contributed by atoms with Crippen LogP contribution in [0.4, 0.5) is 0 Å². The molecule has 0 heterocycles. The second-order valence-corrected chi connectivity index (χ2v) is 6.62. The summed E-state index contributed by atoms with van der Waals surface area (Å²) in [6, 6.07) is 18.6.